The lowest BCUT2D eigenvalue weighted by Crippen LogP contribution is -2.08. The van der Waals surface area contributed by atoms with Crippen LogP contribution in [0.15, 0.2) is 176 Å². The third-order valence-electron chi connectivity index (χ3n) is 11.1. The van der Waals surface area contributed by atoms with Gasteiger partial charge in [0.25, 0.3) is 0 Å². The van der Waals surface area contributed by atoms with Crippen LogP contribution in [0.5, 0.6) is 0 Å². The minimum Gasteiger partial charge on any atom is -0.309 e. The summed E-state index contributed by atoms with van der Waals surface area (Å²) in [4.78, 5) is 3.71. The van der Waals surface area contributed by atoms with Crippen LogP contribution in [-0.4, -0.2) is 13.7 Å². The Labute approximate surface area is 316 Å². The van der Waals surface area contributed by atoms with Gasteiger partial charge in [0, 0.05) is 49.1 Å². The minimum atomic E-state index is 0.430. The molecule has 0 aliphatic carbocycles. The summed E-state index contributed by atoms with van der Waals surface area (Å²) in [6.07, 6.45) is 0. The van der Waals surface area contributed by atoms with Crippen LogP contribution in [0.1, 0.15) is 5.56 Å². The lowest BCUT2D eigenvalue weighted by molar-refractivity contribution is 1.08. The highest BCUT2D eigenvalue weighted by atomic mass is 15.1. The number of aromatic nitrogens is 3. The minimum absolute atomic E-state index is 0.430. The van der Waals surface area contributed by atoms with Crippen LogP contribution < -0.4 is 0 Å². The molecule has 3 aromatic heterocycles. The van der Waals surface area contributed by atoms with Crippen LogP contribution in [0.25, 0.3) is 98.5 Å². The molecule has 0 saturated carbocycles. The number of hydrogen-bond acceptors (Lipinski definition) is 1. The van der Waals surface area contributed by atoms with E-state index >= 15 is 0 Å². The number of nitriles is 1. The summed E-state index contributed by atoms with van der Waals surface area (Å²) in [6.45, 7) is 7.80. The van der Waals surface area contributed by atoms with Gasteiger partial charge in [-0.15, -0.1) is 0 Å². The van der Waals surface area contributed by atoms with Crippen LogP contribution in [-0.2, 0) is 0 Å². The molecule has 0 amide bonds. The van der Waals surface area contributed by atoms with E-state index in [1.165, 1.54) is 10.8 Å². The first-order valence-electron chi connectivity index (χ1n) is 18.3. The van der Waals surface area contributed by atoms with Gasteiger partial charge in [0.05, 0.1) is 57.1 Å². The number of benzene rings is 8. The van der Waals surface area contributed by atoms with Gasteiger partial charge < -0.3 is 13.7 Å². The van der Waals surface area contributed by atoms with E-state index in [9.17, 15) is 5.26 Å². The zero-order chi connectivity index (χ0) is 36.6. The smallest absolute Gasteiger partial charge is 0.188 e. The maximum absolute atomic E-state index is 10.8. The Bertz CT molecular complexity index is 3310. The molecule has 0 aliphatic heterocycles. The molecule has 0 unspecified atom stereocenters. The lowest BCUT2D eigenvalue weighted by Gasteiger charge is -2.23. The monoisotopic (exact) mass is 699 g/mol. The maximum atomic E-state index is 10.8. The molecule has 0 bridgehead atoms. The summed E-state index contributed by atoms with van der Waals surface area (Å²) in [5.74, 6) is 0. The summed E-state index contributed by atoms with van der Waals surface area (Å²) in [5.41, 5.74) is 11.9. The summed E-state index contributed by atoms with van der Waals surface area (Å²) < 4.78 is 7.11. The number of nitrogens with zero attached hydrogens (tertiary/aromatic N) is 5. The average molecular weight is 700 g/mol. The summed E-state index contributed by atoms with van der Waals surface area (Å²) in [5, 5.41) is 17.7. The predicted molar refractivity (Wildman–Crippen MR) is 226 cm³/mol. The molecule has 0 radical (unpaired) electrons. The third-order valence-corrected chi connectivity index (χ3v) is 11.1. The quantitative estimate of drug-likeness (QED) is 0.169. The third kappa shape index (κ3) is 4.39. The van der Waals surface area contributed by atoms with Gasteiger partial charge in [0.1, 0.15) is 0 Å². The first-order valence-corrected chi connectivity index (χ1v) is 18.3. The molecular weight excluding hydrogens is 671 g/mol. The van der Waals surface area contributed by atoms with Crippen molar-refractivity contribution in [2.75, 3.05) is 0 Å². The van der Waals surface area contributed by atoms with Gasteiger partial charge in [-0.2, -0.15) is 5.26 Å². The Hall–Kier alpha value is -7.86. The standard InChI is InChI=1S/C50H29N5/c1-52-33-26-27-35(32(28-33)31-51)42-29-34(53-43-20-8-2-14-36(43)37-15-3-9-21-44(37)53)30-49(54-45-22-10-4-16-38(45)39-17-5-11-23-46(39)54)50(42)55-47-24-12-6-18-40(47)41-19-7-13-25-48(41)55/h2-30H. The van der Waals surface area contributed by atoms with Crippen molar-refractivity contribution in [1.82, 2.24) is 13.7 Å². The van der Waals surface area contributed by atoms with Crippen molar-refractivity contribution in [3.05, 3.63) is 193 Å². The summed E-state index contributed by atoms with van der Waals surface area (Å²) in [6, 6.07) is 63.9. The van der Waals surface area contributed by atoms with Crippen LogP contribution in [0, 0.1) is 17.9 Å². The highest BCUT2D eigenvalue weighted by Gasteiger charge is 2.26. The van der Waals surface area contributed by atoms with E-state index in [4.69, 9.17) is 6.57 Å². The normalized spacial score (nSPS) is 11.6. The molecule has 5 nitrogen and oxygen atoms in total. The van der Waals surface area contributed by atoms with Gasteiger partial charge in [-0.1, -0.05) is 121 Å². The van der Waals surface area contributed by atoms with E-state index in [0.29, 0.717) is 11.3 Å². The molecule has 11 aromatic rings. The maximum Gasteiger partial charge on any atom is 0.188 e. The second-order valence-corrected chi connectivity index (χ2v) is 13.9. The molecule has 254 valence electrons. The molecule has 0 saturated heterocycles. The van der Waals surface area contributed by atoms with E-state index < -0.39 is 0 Å². The number of para-hydroxylation sites is 6. The van der Waals surface area contributed by atoms with Gasteiger partial charge in [0.2, 0.25) is 0 Å². The van der Waals surface area contributed by atoms with E-state index in [2.05, 4.69) is 182 Å². The van der Waals surface area contributed by atoms with Gasteiger partial charge in [-0.3, -0.25) is 0 Å². The van der Waals surface area contributed by atoms with Crippen molar-refractivity contribution in [2.24, 2.45) is 0 Å². The van der Waals surface area contributed by atoms with Crippen LogP contribution in [0.3, 0.4) is 0 Å². The van der Waals surface area contributed by atoms with Crippen LogP contribution in [0.2, 0.25) is 0 Å². The van der Waals surface area contributed by atoms with E-state index in [1.54, 1.807) is 6.07 Å². The highest BCUT2D eigenvalue weighted by molar-refractivity contribution is 6.13. The molecule has 0 aliphatic rings. The molecule has 0 N–H and O–H groups in total. The SMILES string of the molecule is [C-]#[N+]c1ccc(-c2cc(-n3c4ccccc4c4ccccc43)cc(-n3c4ccccc4c4ccccc43)c2-n2c3ccccc3c3ccccc32)c(C#N)c1. The molecule has 0 atom stereocenters. The van der Waals surface area contributed by atoms with Crippen molar-refractivity contribution in [3.8, 4) is 34.3 Å². The van der Waals surface area contributed by atoms with Crippen molar-refractivity contribution in [1.29, 1.82) is 5.26 Å². The summed E-state index contributed by atoms with van der Waals surface area (Å²) >= 11 is 0. The molecular formula is C50H29N5. The fraction of sp³-hybridized carbons (Fsp3) is 0. The van der Waals surface area contributed by atoms with Crippen molar-refractivity contribution in [3.63, 3.8) is 0 Å². The molecule has 8 aromatic carbocycles. The van der Waals surface area contributed by atoms with Crippen molar-refractivity contribution in [2.45, 2.75) is 0 Å². The molecule has 3 heterocycles. The largest absolute Gasteiger partial charge is 0.309 e. The Balaban J connectivity index is 1.42. The first-order chi connectivity index (χ1) is 27.2. The average Bonchev–Trinajstić information content (AvgIpc) is 3.89. The van der Waals surface area contributed by atoms with Gasteiger partial charge in [-0.05, 0) is 60.2 Å². The molecule has 5 heteroatoms. The Morgan fingerprint density at radius 2 is 0.818 bits per heavy atom. The van der Waals surface area contributed by atoms with Crippen LogP contribution in [0.4, 0.5) is 5.69 Å². The topological polar surface area (TPSA) is 42.9 Å². The van der Waals surface area contributed by atoms with Crippen LogP contribution >= 0.6 is 0 Å². The van der Waals surface area contributed by atoms with E-state index in [-0.39, 0.29) is 0 Å². The van der Waals surface area contributed by atoms with Gasteiger partial charge >= 0.3 is 0 Å². The van der Waals surface area contributed by atoms with E-state index in [0.717, 1.165) is 82.8 Å². The number of rotatable bonds is 4. The Morgan fingerprint density at radius 1 is 0.418 bits per heavy atom. The van der Waals surface area contributed by atoms with Gasteiger partial charge in [-0.25, -0.2) is 4.85 Å². The van der Waals surface area contributed by atoms with Gasteiger partial charge in [0.15, 0.2) is 5.69 Å². The second kappa shape index (κ2) is 11.8. The fourth-order valence-electron chi connectivity index (χ4n) is 8.82. The van der Waals surface area contributed by atoms with Crippen molar-refractivity contribution >= 4 is 71.1 Å². The zero-order valence-electron chi connectivity index (χ0n) is 29.5. The second-order valence-electron chi connectivity index (χ2n) is 13.9. The van der Waals surface area contributed by atoms with E-state index in [1.807, 2.05) is 12.1 Å². The zero-order valence-corrected chi connectivity index (χ0v) is 29.5. The Kier molecular flexibility index (Phi) is 6.61. The molecule has 0 spiro atoms. The van der Waals surface area contributed by atoms with Crippen molar-refractivity contribution < 1.29 is 0 Å². The summed E-state index contributed by atoms with van der Waals surface area (Å²) in [7, 11) is 0. The first kappa shape index (κ1) is 30.7. The highest BCUT2D eigenvalue weighted by Crippen LogP contribution is 2.45. The Morgan fingerprint density at radius 3 is 1.24 bits per heavy atom. The number of fused-ring (bicyclic) bond motifs is 9. The predicted octanol–water partition coefficient (Wildman–Crippen LogP) is 13.1. The molecule has 11 rings (SSSR count). The molecule has 55 heavy (non-hydrogen) atoms. The fourth-order valence-corrected chi connectivity index (χ4v) is 8.82. The lowest BCUT2D eigenvalue weighted by atomic mass is 9.95. The number of hydrogen-bond donors (Lipinski definition) is 0. The molecule has 0 fully saturated rings.